The second-order valence-corrected chi connectivity index (χ2v) is 5.19. The van der Waals surface area contributed by atoms with E-state index < -0.39 is 12.0 Å². The quantitative estimate of drug-likeness (QED) is 0.764. The van der Waals surface area contributed by atoms with Gasteiger partial charge in [0, 0.05) is 16.7 Å². The third kappa shape index (κ3) is 4.02. The van der Waals surface area contributed by atoms with Crippen LogP contribution in [-0.2, 0) is 4.79 Å². The number of hydrogen-bond acceptors (Lipinski definition) is 3. The van der Waals surface area contributed by atoms with Crippen LogP contribution in [0.2, 0.25) is 0 Å². The number of halogens is 1. The van der Waals surface area contributed by atoms with Gasteiger partial charge in [0.15, 0.2) is 0 Å². The first-order chi connectivity index (χ1) is 8.15. The van der Waals surface area contributed by atoms with Gasteiger partial charge in [-0.15, -0.1) is 11.8 Å². The number of carboxylic acid groups (broad SMARTS) is 1. The Kier molecular flexibility index (Phi) is 4.02. The maximum Gasteiger partial charge on any atom is 0.321 e. The van der Waals surface area contributed by atoms with E-state index in [2.05, 4.69) is 5.32 Å². The van der Waals surface area contributed by atoms with Crippen molar-refractivity contribution in [3.8, 4) is 0 Å². The van der Waals surface area contributed by atoms with Crippen LogP contribution in [-0.4, -0.2) is 28.9 Å². The maximum absolute atomic E-state index is 12.7. The van der Waals surface area contributed by atoms with Crippen LogP contribution in [0, 0.1) is 5.82 Å². The van der Waals surface area contributed by atoms with Crippen molar-refractivity contribution in [1.82, 2.24) is 5.32 Å². The monoisotopic (exact) mass is 255 g/mol. The zero-order valence-corrected chi connectivity index (χ0v) is 10.0. The van der Waals surface area contributed by atoms with Crippen LogP contribution in [0.5, 0.6) is 0 Å². The first-order valence-electron chi connectivity index (χ1n) is 5.52. The molecule has 2 rings (SSSR count). The first-order valence-corrected chi connectivity index (χ1v) is 6.51. The van der Waals surface area contributed by atoms with E-state index in [1.807, 2.05) is 0 Å². The first kappa shape index (κ1) is 12.4. The number of rotatable bonds is 6. The van der Waals surface area contributed by atoms with Gasteiger partial charge in [-0.05, 0) is 37.1 Å². The molecule has 2 N–H and O–H groups in total. The molecule has 5 heteroatoms. The van der Waals surface area contributed by atoms with Crippen molar-refractivity contribution in [3.05, 3.63) is 30.1 Å². The van der Waals surface area contributed by atoms with Crippen molar-refractivity contribution in [3.63, 3.8) is 0 Å². The SMILES string of the molecule is O=C(O)C(CSc1ccc(F)cc1)NC1CC1. The summed E-state index contributed by atoms with van der Waals surface area (Å²) in [6, 6.07) is 5.92. The number of carbonyl (C=O) groups is 1. The Morgan fingerprint density at radius 1 is 1.47 bits per heavy atom. The van der Waals surface area contributed by atoms with E-state index in [0.29, 0.717) is 11.8 Å². The molecule has 1 aliphatic rings. The largest absolute Gasteiger partial charge is 0.480 e. The number of aliphatic carboxylic acids is 1. The van der Waals surface area contributed by atoms with E-state index in [-0.39, 0.29) is 5.82 Å². The van der Waals surface area contributed by atoms with E-state index in [1.165, 1.54) is 23.9 Å². The Balaban J connectivity index is 1.85. The van der Waals surface area contributed by atoms with Crippen LogP contribution in [0.25, 0.3) is 0 Å². The molecule has 0 bridgehead atoms. The normalized spacial score (nSPS) is 16.8. The lowest BCUT2D eigenvalue weighted by Crippen LogP contribution is -2.40. The van der Waals surface area contributed by atoms with Gasteiger partial charge in [0.2, 0.25) is 0 Å². The van der Waals surface area contributed by atoms with Crippen molar-refractivity contribution >= 4 is 17.7 Å². The molecule has 1 fully saturated rings. The number of carboxylic acids is 1. The third-order valence-electron chi connectivity index (χ3n) is 2.54. The molecule has 1 aliphatic carbocycles. The number of benzene rings is 1. The molecule has 3 nitrogen and oxygen atoms in total. The molecule has 0 heterocycles. The van der Waals surface area contributed by atoms with Gasteiger partial charge in [0.05, 0.1) is 0 Å². The maximum atomic E-state index is 12.7. The summed E-state index contributed by atoms with van der Waals surface area (Å²) in [6.45, 7) is 0. The molecular weight excluding hydrogens is 241 g/mol. The van der Waals surface area contributed by atoms with E-state index >= 15 is 0 Å². The minimum atomic E-state index is -0.827. The Morgan fingerprint density at radius 3 is 2.65 bits per heavy atom. The van der Waals surface area contributed by atoms with Crippen LogP contribution in [0.4, 0.5) is 4.39 Å². The average Bonchev–Trinajstić information content (AvgIpc) is 3.10. The van der Waals surface area contributed by atoms with Gasteiger partial charge in [-0.25, -0.2) is 4.39 Å². The van der Waals surface area contributed by atoms with Gasteiger partial charge in [0.25, 0.3) is 0 Å². The summed E-state index contributed by atoms with van der Waals surface area (Å²) in [6.07, 6.45) is 2.12. The molecule has 92 valence electrons. The van der Waals surface area contributed by atoms with E-state index in [0.717, 1.165) is 17.7 Å². The Labute approximate surface area is 103 Å². The molecule has 1 unspecified atom stereocenters. The highest BCUT2D eigenvalue weighted by atomic mass is 32.2. The van der Waals surface area contributed by atoms with E-state index in [9.17, 15) is 9.18 Å². The molecule has 17 heavy (non-hydrogen) atoms. The summed E-state index contributed by atoms with van der Waals surface area (Å²) in [5.41, 5.74) is 0. The smallest absolute Gasteiger partial charge is 0.321 e. The minimum Gasteiger partial charge on any atom is -0.480 e. The average molecular weight is 255 g/mol. The molecule has 1 aromatic carbocycles. The third-order valence-corrected chi connectivity index (χ3v) is 3.65. The number of hydrogen-bond donors (Lipinski definition) is 2. The Hall–Kier alpha value is -1.07. The number of nitrogens with one attached hydrogen (secondary N) is 1. The highest BCUT2D eigenvalue weighted by molar-refractivity contribution is 7.99. The summed E-state index contributed by atoms with van der Waals surface area (Å²) in [5.74, 6) is -0.649. The predicted molar refractivity (Wildman–Crippen MR) is 64.7 cm³/mol. The minimum absolute atomic E-state index is 0.278. The lowest BCUT2D eigenvalue weighted by atomic mass is 10.3. The molecule has 1 aromatic rings. The lowest BCUT2D eigenvalue weighted by molar-refractivity contribution is -0.138. The van der Waals surface area contributed by atoms with Gasteiger partial charge in [-0.3, -0.25) is 4.79 Å². The van der Waals surface area contributed by atoms with Gasteiger partial charge >= 0.3 is 5.97 Å². The number of thioether (sulfide) groups is 1. The Bertz CT molecular complexity index is 392. The lowest BCUT2D eigenvalue weighted by Gasteiger charge is -2.13. The van der Waals surface area contributed by atoms with Gasteiger partial charge in [-0.2, -0.15) is 0 Å². The fourth-order valence-corrected chi connectivity index (χ4v) is 2.36. The van der Waals surface area contributed by atoms with E-state index in [1.54, 1.807) is 12.1 Å². The van der Waals surface area contributed by atoms with Crippen LogP contribution in [0.15, 0.2) is 29.2 Å². The highest BCUT2D eigenvalue weighted by Gasteiger charge is 2.28. The fourth-order valence-electron chi connectivity index (χ4n) is 1.44. The van der Waals surface area contributed by atoms with Crippen LogP contribution in [0.3, 0.4) is 0 Å². The van der Waals surface area contributed by atoms with Crippen molar-refractivity contribution < 1.29 is 14.3 Å². The molecule has 0 radical (unpaired) electrons. The zero-order valence-electron chi connectivity index (χ0n) is 9.23. The Morgan fingerprint density at radius 2 is 2.12 bits per heavy atom. The molecule has 0 saturated heterocycles. The summed E-state index contributed by atoms with van der Waals surface area (Å²) < 4.78 is 12.7. The molecule has 0 spiro atoms. The summed E-state index contributed by atoms with van der Waals surface area (Å²) in [7, 11) is 0. The molecule has 0 amide bonds. The second-order valence-electron chi connectivity index (χ2n) is 4.10. The van der Waals surface area contributed by atoms with Crippen molar-refractivity contribution in [2.45, 2.75) is 29.8 Å². The molecule has 0 aromatic heterocycles. The predicted octanol–water partition coefficient (Wildman–Crippen LogP) is 2.12. The van der Waals surface area contributed by atoms with Gasteiger partial charge < -0.3 is 10.4 Å². The van der Waals surface area contributed by atoms with Crippen LogP contribution < -0.4 is 5.32 Å². The molecular formula is C12H14FNO2S. The summed E-state index contributed by atoms with van der Waals surface area (Å²) >= 11 is 1.43. The van der Waals surface area contributed by atoms with E-state index in [4.69, 9.17) is 5.11 Å². The summed E-state index contributed by atoms with van der Waals surface area (Å²) in [4.78, 5) is 11.9. The standard InChI is InChI=1S/C12H14FNO2S/c13-8-1-5-10(6-2-8)17-7-11(12(15)16)14-9-3-4-9/h1-2,5-6,9,11,14H,3-4,7H2,(H,15,16). The highest BCUT2D eigenvalue weighted by Crippen LogP contribution is 2.23. The molecule has 1 saturated carbocycles. The van der Waals surface area contributed by atoms with Crippen LogP contribution >= 0.6 is 11.8 Å². The molecule has 1 atom stereocenters. The van der Waals surface area contributed by atoms with Crippen LogP contribution in [0.1, 0.15) is 12.8 Å². The summed E-state index contributed by atoms with van der Waals surface area (Å²) in [5, 5.41) is 12.1. The molecule has 0 aliphatic heterocycles. The topological polar surface area (TPSA) is 49.3 Å². The van der Waals surface area contributed by atoms with Crippen molar-refractivity contribution in [1.29, 1.82) is 0 Å². The van der Waals surface area contributed by atoms with Crippen molar-refractivity contribution in [2.75, 3.05) is 5.75 Å². The van der Waals surface area contributed by atoms with Gasteiger partial charge in [-0.1, -0.05) is 0 Å². The van der Waals surface area contributed by atoms with Crippen molar-refractivity contribution in [2.24, 2.45) is 0 Å². The second kappa shape index (κ2) is 5.51. The zero-order chi connectivity index (χ0) is 12.3. The fraction of sp³-hybridized carbons (Fsp3) is 0.417. The van der Waals surface area contributed by atoms with Gasteiger partial charge in [0.1, 0.15) is 11.9 Å².